The van der Waals surface area contributed by atoms with Gasteiger partial charge in [-0.05, 0) is 36.2 Å². The van der Waals surface area contributed by atoms with Gasteiger partial charge in [0.25, 0.3) is 5.69 Å². The third kappa shape index (κ3) is 3.86. The van der Waals surface area contributed by atoms with Crippen LogP contribution in [0.4, 0.5) is 24.5 Å². The average Bonchev–Trinajstić information content (AvgIpc) is 3.07. The van der Waals surface area contributed by atoms with Gasteiger partial charge in [0.05, 0.1) is 10.5 Å². The zero-order valence-corrected chi connectivity index (χ0v) is 13.9. The Morgan fingerprint density at radius 2 is 1.70 bits per heavy atom. The lowest BCUT2D eigenvalue weighted by Crippen LogP contribution is -2.35. The summed E-state index contributed by atoms with van der Waals surface area (Å²) in [5, 5.41) is 20.3. The van der Waals surface area contributed by atoms with E-state index >= 15 is 0 Å². The Balaban J connectivity index is 1.84. The highest BCUT2D eigenvalue weighted by molar-refractivity contribution is 5.79. The molecule has 6 nitrogen and oxygen atoms in total. The Labute approximate surface area is 152 Å². The molecule has 1 unspecified atom stereocenters. The largest absolute Gasteiger partial charge is 0.480 e. The van der Waals surface area contributed by atoms with Crippen molar-refractivity contribution < 1.29 is 28.0 Å². The Morgan fingerprint density at radius 1 is 1.11 bits per heavy atom. The molecule has 0 bridgehead atoms. The fourth-order valence-electron chi connectivity index (χ4n) is 3.31. The number of hydrogen-bond acceptors (Lipinski definition) is 4. The maximum Gasteiger partial charge on any atom is 0.416 e. The molecule has 0 aromatic heterocycles. The van der Waals surface area contributed by atoms with Crippen LogP contribution in [-0.2, 0) is 11.0 Å². The normalized spacial score (nSPS) is 19.9. The number of non-ortho nitro benzene ring substituents is 1. The molecule has 0 spiro atoms. The minimum Gasteiger partial charge on any atom is -0.480 e. The van der Waals surface area contributed by atoms with E-state index in [1.54, 1.807) is 4.90 Å². The van der Waals surface area contributed by atoms with Crippen molar-refractivity contribution in [3.05, 3.63) is 69.8 Å². The number of nitro groups is 1. The van der Waals surface area contributed by atoms with E-state index in [2.05, 4.69) is 0 Å². The van der Waals surface area contributed by atoms with E-state index in [-0.39, 0.29) is 18.0 Å². The number of alkyl halides is 3. The Morgan fingerprint density at radius 3 is 2.19 bits per heavy atom. The summed E-state index contributed by atoms with van der Waals surface area (Å²) in [6.07, 6.45) is -4.19. The zero-order valence-electron chi connectivity index (χ0n) is 13.9. The predicted octanol–water partition coefficient (Wildman–Crippen LogP) is 4.06. The molecule has 9 heteroatoms. The van der Waals surface area contributed by atoms with Gasteiger partial charge in [-0.1, -0.05) is 12.1 Å². The summed E-state index contributed by atoms with van der Waals surface area (Å²) in [5.41, 5.74) is 0.274. The minimum absolute atomic E-state index is 0.107. The third-order valence-corrected chi connectivity index (χ3v) is 4.69. The van der Waals surface area contributed by atoms with Crippen LogP contribution in [0.3, 0.4) is 0 Å². The van der Waals surface area contributed by atoms with Gasteiger partial charge in [-0.3, -0.25) is 10.1 Å². The number of nitrogens with zero attached hydrogens (tertiary/aromatic N) is 2. The number of carboxylic acids is 1. The van der Waals surface area contributed by atoms with Crippen molar-refractivity contribution in [1.82, 2.24) is 0 Å². The lowest BCUT2D eigenvalue weighted by atomic mass is 9.95. The molecule has 0 amide bonds. The smallest absolute Gasteiger partial charge is 0.416 e. The van der Waals surface area contributed by atoms with Gasteiger partial charge >= 0.3 is 12.1 Å². The first-order chi connectivity index (χ1) is 12.7. The number of hydrogen-bond donors (Lipinski definition) is 1. The fraction of sp³-hybridized carbons (Fsp3) is 0.278. The first-order valence-corrected chi connectivity index (χ1v) is 8.08. The number of carboxylic acid groups (broad SMARTS) is 1. The highest BCUT2D eigenvalue weighted by atomic mass is 19.4. The molecule has 1 aliphatic rings. The molecule has 3 rings (SSSR count). The minimum atomic E-state index is -4.43. The van der Waals surface area contributed by atoms with Gasteiger partial charge in [-0.2, -0.15) is 13.2 Å². The van der Waals surface area contributed by atoms with Crippen LogP contribution in [0.25, 0.3) is 0 Å². The molecule has 0 aliphatic carbocycles. The van der Waals surface area contributed by atoms with Gasteiger partial charge in [0.15, 0.2) is 0 Å². The van der Waals surface area contributed by atoms with Crippen LogP contribution in [0.1, 0.15) is 23.5 Å². The van der Waals surface area contributed by atoms with E-state index in [4.69, 9.17) is 0 Å². The number of benzene rings is 2. The highest BCUT2D eigenvalue weighted by Crippen LogP contribution is 2.37. The Kier molecular flexibility index (Phi) is 4.77. The number of carbonyl (C=O) groups is 1. The summed E-state index contributed by atoms with van der Waals surface area (Å²) in [6.45, 7) is 0.292. The lowest BCUT2D eigenvalue weighted by Gasteiger charge is -2.23. The van der Waals surface area contributed by atoms with Gasteiger partial charge in [0.1, 0.15) is 6.04 Å². The van der Waals surface area contributed by atoms with Crippen molar-refractivity contribution in [2.24, 2.45) is 0 Å². The molecule has 1 heterocycles. The number of anilines is 1. The third-order valence-electron chi connectivity index (χ3n) is 4.69. The van der Waals surface area contributed by atoms with Gasteiger partial charge in [-0.25, -0.2) is 4.79 Å². The summed E-state index contributed by atoms with van der Waals surface area (Å²) in [7, 11) is 0. The monoisotopic (exact) mass is 380 g/mol. The second kappa shape index (κ2) is 6.90. The van der Waals surface area contributed by atoms with E-state index < -0.39 is 28.7 Å². The Bertz CT molecular complexity index is 850. The molecule has 0 radical (unpaired) electrons. The summed E-state index contributed by atoms with van der Waals surface area (Å²) >= 11 is 0. The SMILES string of the molecule is O=C(O)[C@@H]1CC(c2ccc(C(F)(F)F)cc2)CN1c1ccc([N+](=O)[O-])cc1. The van der Waals surface area contributed by atoms with Crippen molar-refractivity contribution in [3.8, 4) is 0 Å². The van der Waals surface area contributed by atoms with Gasteiger partial charge in [0, 0.05) is 30.3 Å². The molecule has 1 saturated heterocycles. The molecule has 2 atom stereocenters. The molecule has 0 saturated carbocycles. The van der Waals surface area contributed by atoms with Crippen molar-refractivity contribution in [2.45, 2.75) is 24.6 Å². The topological polar surface area (TPSA) is 83.7 Å². The van der Waals surface area contributed by atoms with Crippen LogP contribution < -0.4 is 4.90 Å². The summed E-state index contributed by atoms with van der Waals surface area (Å²) in [4.78, 5) is 23.4. The number of aliphatic carboxylic acids is 1. The summed E-state index contributed by atoms with van der Waals surface area (Å²) in [5.74, 6) is -1.31. The van der Waals surface area contributed by atoms with E-state index in [9.17, 15) is 33.2 Å². The molecule has 1 fully saturated rings. The summed E-state index contributed by atoms with van der Waals surface area (Å²) in [6, 6.07) is 9.38. The van der Waals surface area contributed by atoms with Gasteiger partial charge < -0.3 is 10.0 Å². The van der Waals surface area contributed by atoms with Crippen LogP contribution >= 0.6 is 0 Å². The number of halogens is 3. The van der Waals surface area contributed by atoms with Gasteiger partial charge in [0.2, 0.25) is 0 Å². The van der Waals surface area contributed by atoms with E-state index in [1.807, 2.05) is 0 Å². The molecular formula is C18H15F3N2O4. The molecule has 27 heavy (non-hydrogen) atoms. The summed E-state index contributed by atoms with van der Waals surface area (Å²) < 4.78 is 38.1. The highest BCUT2D eigenvalue weighted by Gasteiger charge is 2.38. The van der Waals surface area contributed by atoms with Crippen molar-refractivity contribution in [2.75, 3.05) is 11.4 Å². The van der Waals surface area contributed by atoms with Crippen LogP contribution in [0.5, 0.6) is 0 Å². The van der Waals surface area contributed by atoms with Gasteiger partial charge in [-0.15, -0.1) is 0 Å². The second-order valence-corrected chi connectivity index (χ2v) is 6.33. The van der Waals surface area contributed by atoms with Crippen LogP contribution in [0.2, 0.25) is 0 Å². The molecule has 1 aliphatic heterocycles. The Hall–Kier alpha value is -3.10. The zero-order chi connectivity index (χ0) is 19.8. The standard InChI is InChI=1S/C18H15F3N2O4/c19-18(20,21)13-3-1-11(2-4-13)12-9-16(17(24)25)22(10-12)14-5-7-15(8-6-14)23(26)27/h1-8,12,16H,9-10H2,(H,24,25)/t12?,16-/m0/s1. The fourth-order valence-corrected chi connectivity index (χ4v) is 3.31. The first kappa shape index (κ1) is 18.7. The van der Waals surface area contributed by atoms with Crippen molar-refractivity contribution >= 4 is 17.3 Å². The maximum atomic E-state index is 12.7. The second-order valence-electron chi connectivity index (χ2n) is 6.33. The number of rotatable bonds is 4. The molecule has 142 valence electrons. The molecule has 1 N–H and O–H groups in total. The molecule has 2 aromatic rings. The lowest BCUT2D eigenvalue weighted by molar-refractivity contribution is -0.384. The van der Waals surface area contributed by atoms with Crippen LogP contribution in [-0.4, -0.2) is 28.6 Å². The van der Waals surface area contributed by atoms with Crippen molar-refractivity contribution in [3.63, 3.8) is 0 Å². The quantitative estimate of drug-likeness (QED) is 0.639. The predicted molar refractivity (Wildman–Crippen MR) is 90.7 cm³/mol. The van der Waals surface area contributed by atoms with Crippen molar-refractivity contribution in [1.29, 1.82) is 0 Å². The number of nitro benzene ring substituents is 1. The molecular weight excluding hydrogens is 365 g/mol. The first-order valence-electron chi connectivity index (χ1n) is 8.08. The van der Waals surface area contributed by atoms with Crippen LogP contribution in [0.15, 0.2) is 48.5 Å². The maximum absolute atomic E-state index is 12.7. The average molecular weight is 380 g/mol. The van der Waals surface area contributed by atoms with E-state index in [1.165, 1.54) is 36.4 Å². The van der Waals surface area contributed by atoms with E-state index in [0.717, 1.165) is 12.1 Å². The molecule has 2 aromatic carbocycles. The van der Waals surface area contributed by atoms with Crippen LogP contribution in [0, 0.1) is 10.1 Å². The van der Waals surface area contributed by atoms with E-state index in [0.29, 0.717) is 17.8 Å².